The minimum atomic E-state index is 0.242. The number of fused-ring (bicyclic) bond motifs is 1. The van der Waals surface area contributed by atoms with Crippen LogP contribution in [0.3, 0.4) is 0 Å². The molecule has 5 nitrogen and oxygen atoms in total. The topological polar surface area (TPSA) is 68.6 Å². The van der Waals surface area contributed by atoms with E-state index < -0.39 is 0 Å². The quantitative estimate of drug-likeness (QED) is 0.882. The lowest BCUT2D eigenvalue weighted by Gasteiger charge is -2.25. The summed E-state index contributed by atoms with van der Waals surface area (Å²) in [5, 5.41) is 9.98. The lowest BCUT2D eigenvalue weighted by atomic mass is 10.2. The van der Waals surface area contributed by atoms with Gasteiger partial charge in [0.05, 0.1) is 5.69 Å². The summed E-state index contributed by atoms with van der Waals surface area (Å²) in [6, 6.07) is 4.00. The average Bonchev–Trinajstić information content (AvgIpc) is 2.88. The van der Waals surface area contributed by atoms with E-state index in [1.54, 1.807) is 0 Å². The number of aromatic nitrogens is 3. The number of nitrogens with zero attached hydrogens (tertiary/aromatic N) is 4. The predicted molar refractivity (Wildman–Crippen MR) is 71.2 cm³/mol. The van der Waals surface area contributed by atoms with Gasteiger partial charge in [0.15, 0.2) is 0 Å². The van der Waals surface area contributed by atoms with Crippen molar-refractivity contribution in [3.05, 3.63) is 23.8 Å². The van der Waals surface area contributed by atoms with E-state index in [2.05, 4.69) is 19.9 Å². The Kier molecular flexibility index (Phi) is 3.17. The molecule has 0 spiro atoms. The van der Waals surface area contributed by atoms with Gasteiger partial charge in [0.1, 0.15) is 11.7 Å². The standard InChI is InChI=1S/C12H13N5S/c13-7-11-15-10(8-17-3-5-18-6-4-17)9-1-2-14-12(9)16-11/h1-2H,3-6,8H2,(H,14,15,16). The second-order valence-electron chi connectivity index (χ2n) is 4.23. The Morgan fingerprint density at radius 1 is 1.39 bits per heavy atom. The summed E-state index contributed by atoms with van der Waals surface area (Å²) in [4.78, 5) is 13.9. The number of hydrogen-bond acceptors (Lipinski definition) is 5. The normalized spacial score (nSPS) is 16.8. The van der Waals surface area contributed by atoms with Gasteiger partial charge >= 0.3 is 0 Å². The first-order valence-corrected chi connectivity index (χ1v) is 7.06. The average molecular weight is 259 g/mol. The van der Waals surface area contributed by atoms with Crippen LogP contribution in [0.25, 0.3) is 11.0 Å². The molecule has 3 heterocycles. The van der Waals surface area contributed by atoms with Crippen LogP contribution in [-0.2, 0) is 6.54 Å². The maximum Gasteiger partial charge on any atom is 0.234 e. The minimum Gasteiger partial charge on any atom is -0.346 e. The van der Waals surface area contributed by atoms with Crippen molar-refractivity contribution < 1.29 is 0 Å². The zero-order chi connectivity index (χ0) is 12.4. The fourth-order valence-corrected chi connectivity index (χ4v) is 3.13. The van der Waals surface area contributed by atoms with E-state index in [9.17, 15) is 0 Å². The van der Waals surface area contributed by atoms with Crippen molar-refractivity contribution in [3.8, 4) is 6.07 Å². The van der Waals surface area contributed by atoms with Crippen LogP contribution in [0.1, 0.15) is 11.5 Å². The van der Waals surface area contributed by atoms with E-state index in [1.165, 1.54) is 11.5 Å². The zero-order valence-corrected chi connectivity index (χ0v) is 10.7. The molecule has 1 saturated heterocycles. The largest absolute Gasteiger partial charge is 0.346 e. The molecule has 6 heteroatoms. The monoisotopic (exact) mass is 259 g/mol. The Balaban J connectivity index is 1.94. The number of nitriles is 1. The Labute approximate surface area is 109 Å². The lowest BCUT2D eigenvalue weighted by Crippen LogP contribution is -2.32. The van der Waals surface area contributed by atoms with Gasteiger partial charge in [-0.1, -0.05) is 0 Å². The van der Waals surface area contributed by atoms with E-state index in [0.717, 1.165) is 36.4 Å². The third-order valence-corrected chi connectivity index (χ3v) is 4.01. The van der Waals surface area contributed by atoms with E-state index >= 15 is 0 Å². The van der Waals surface area contributed by atoms with Crippen molar-refractivity contribution in [3.63, 3.8) is 0 Å². The van der Waals surface area contributed by atoms with Crippen LogP contribution >= 0.6 is 11.8 Å². The molecule has 1 fully saturated rings. The highest BCUT2D eigenvalue weighted by atomic mass is 32.2. The maximum absolute atomic E-state index is 8.96. The molecule has 1 aliphatic rings. The van der Waals surface area contributed by atoms with Crippen LogP contribution in [0.5, 0.6) is 0 Å². The van der Waals surface area contributed by atoms with Crippen LogP contribution in [0.2, 0.25) is 0 Å². The van der Waals surface area contributed by atoms with Gasteiger partial charge in [-0.05, 0) is 6.07 Å². The first-order chi connectivity index (χ1) is 8.86. The minimum absolute atomic E-state index is 0.242. The highest BCUT2D eigenvalue weighted by molar-refractivity contribution is 7.99. The Bertz CT molecular complexity index is 594. The zero-order valence-electron chi connectivity index (χ0n) is 9.89. The number of thioether (sulfide) groups is 1. The van der Waals surface area contributed by atoms with Gasteiger partial charge < -0.3 is 4.98 Å². The lowest BCUT2D eigenvalue weighted by molar-refractivity contribution is 0.292. The molecule has 0 aromatic carbocycles. The molecule has 0 atom stereocenters. The van der Waals surface area contributed by atoms with E-state index in [4.69, 9.17) is 5.26 Å². The van der Waals surface area contributed by atoms with Crippen molar-refractivity contribution >= 4 is 22.8 Å². The van der Waals surface area contributed by atoms with Crippen LogP contribution in [0, 0.1) is 11.3 Å². The molecule has 18 heavy (non-hydrogen) atoms. The summed E-state index contributed by atoms with van der Waals surface area (Å²) >= 11 is 1.99. The smallest absolute Gasteiger partial charge is 0.234 e. The highest BCUT2D eigenvalue weighted by Gasteiger charge is 2.15. The molecule has 0 amide bonds. The number of rotatable bonds is 2. The van der Waals surface area contributed by atoms with Gasteiger partial charge in [-0.15, -0.1) is 0 Å². The van der Waals surface area contributed by atoms with Crippen molar-refractivity contribution in [2.45, 2.75) is 6.54 Å². The molecular weight excluding hydrogens is 246 g/mol. The van der Waals surface area contributed by atoms with E-state index in [1.807, 2.05) is 30.1 Å². The van der Waals surface area contributed by atoms with Gasteiger partial charge in [0, 0.05) is 42.7 Å². The predicted octanol–water partition coefficient (Wildman–Crippen LogP) is 1.38. The van der Waals surface area contributed by atoms with Crippen LogP contribution in [0.4, 0.5) is 0 Å². The molecule has 2 aromatic rings. The van der Waals surface area contributed by atoms with Crippen molar-refractivity contribution in [1.82, 2.24) is 19.9 Å². The van der Waals surface area contributed by atoms with Crippen molar-refractivity contribution in [2.24, 2.45) is 0 Å². The van der Waals surface area contributed by atoms with Crippen LogP contribution in [-0.4, -0.2) is 44.4 Å². The van der Waals surface area contributed by atoms with E-state index in [0.29, 0.717) is 0 Å². The molecule has 2 aromatic heterocycles. The van der Waals surface area contributed by atoms with Gasteiger partial charge in [0.2, 0.25) is 5.82 Å². The van der Waals surface area contributed by atoms with E-state index in [-0.39, 0.29) is 5.82 Å². The molecule has 0 unspecified atom stereocenters. The van der Waals surface area contributed by atoms with Gasteiger partial charge in [0.25, 0.3) is 0 Å². The fraction of sp³-hybridized carbons (Fsp3) is 0.417. The second kappa shape index (κ2) is 4.96. The SMILES string of the molecule is N#Cc1nc(CN2CCSCC2)c2cc[nH]c2n1. The number of nitrogens with one attached hydrogen (secondary N) is 1. The van der Waals surface area contributed by atoms with Crippen molar-refractivity contribution in [2.75, 3.05) is 24.6 Å². The molecule has 1 N–H and O–H groups in total. The Morgan fingerprint density at radius 3 is 3.00 bits per heavy atom. The second-order valence-corrected chi connectivity index (χ2v) is 5.46. The number of H-pyrrole nitrogens is 1. The third-order valence-electron chi connectivity index (χ3n) is 3.07. The number of hydrogen-bond donors (Lipinski definition) is 1. The van der Waals surface area contributed by atoms with Gasteiger partial charge in [-0.25, -0.2) is 9.97 Å². The molecule has 0 aliphatic carbocycles. The Morgan fingerprint density at radius 2 is 2.22 bits per heavy atom. The molecular formula is C12H13N5S. The number of aromatic amines is 1. The van der Waals surface area contributed by atoms with Crippen LogP contribution < -0.4 is 0 Å². The van der Waals surface area contributed by atoms with Gasteiger partial charge in [-0.2, -0.15) is 17.0 Å². The van der Waals surface area contributed by atoms with Gasteiger partial charge in [-0.3, -0.25) is 4.90 Å². The van der Waals surface area contributed by atoms with Crippen LogP contribution in [0.15, 0.2) is 12.3 Å². The molecule has 0 saturated carbocycles. The summed E-state index contributed by atoms with van der Waals surface area (Å²) in [6.07, 6.45) is 1.84. The Hall–Kier alpha value is -1.58. The highest BCUT2D eigenvalue weighted by Crippen LogP contribution is 2.18. The summed E-state index contributed by atoms with van der Waals surface area (Å²) in [5.41, 5.74) is 1.70. The maximum atomic E-state index is 8.96. The molecule has 92 valence electrons. The molecule has 0 radical (unpaired) electrons. The first-order valence-electron chi connectivity index (χ1n) is 5.91. The third kappa shape index (κ3) is 2.19. The summed E-state index contributed by atoms with van der Waals surface area (Å²) < 4.78 is 0. The molecule has 1 aliphatic heterocycles. The van der Waals surface area contributed by atoms with Crippen molar-refractivity contribution in [1.29, 1.82) is 5.26 Å². The summed E-state index contributed by atoms with van der Waals surface area (Å²) in [6.45, 7) is 2.97. The first kappa shape index (κ1) is 11.5. The summed E-state index contributed by atoms with van der Waals surface area (Å²) in [7, 11) is 0. The summed E-state index contributed by atoms with van der Waals surface area (Å²) in [5.74, 6) is 2.59. The fourth-order valence-electron chi connectivity index (χ4n) is 2.15. The molecule has 3 rings (SSSR count). The molecule has 0 bridgehead atoms.